The third-order valence-electron chi connectivity index (χ3n) is 5.00. The second-order valence-corrected chi connectivity index (χ2v) is 6.25. The molecule has 1 aliphatic carbocycles. The van der Waals surface area contributed by atoms with Gasteiger partial charge in [0.05, 0.1) is 0 Å². The summed E-state index contributed by atoms with van der Waals surface area (Å²) in [6.45, 7) is 9.32. The Morgan fingerprint density at radius 3 is 2.44 bits per heavy atom. The Morgan fingerprint density at radius 2 is 1.94 bits per heavy atom. The highest BCUT2D eigenvalue weighted by molar-refractivity contribution is 4.92. The summed E-state index contributed by atoms with van der Waals surface area (Å²) < 4.78 is 0. The molecule has 1 heterocycles. The van der Waals surface area contributed by atoms with Crippen LogP contribution in [-0.2, 0) is 0 Å². The number of likely N-dealkylation sites (tertiary alicyclic amines) is 1. The quantitative estimate of drug-likeness (QED) is 0.798. The first-order valence-electron chi connectivity index (χ1n) is 7.09. The zero-order chi connectivity index (χ0) is 11.7. The maximum Gasteiger partial charge on any atom is 0.0249 e. The smallest absolute Gasteiger partial charge is 0.0249 e. The topological polar surface area (TPSA) is 29.3 Å². The van der Waals surface area contributed by atoms with Gasteiger partial charge in [-0.3, -0.25) is 4.90 Å². The van der Waals surface area contributed by atoms with Gasteiger partial charge in [0.25, 0.3) is 0 Å². The number of hydrogen-bond acceptors (Lipinski definition) is 2. The molecule has 2 rings (SSSR count). The molecular weight excluding hydrogens is 196 g/mol. The Kier molecular flexibility index (Phi) is 3.91. The molecular formula is C14H28N2. The van der Waals surface area contributed by atoms with Crippen molar-refractivity contribution in [3.05, 3.63) is 0 Å². The van der Waals surface area contributed by atoms with E-state index in [1.807, 2.05) is 0 Å². The highest BCUT2D eigenvalue weighted by Gasteiger charge is 2.37. The average molecular weight is 224 g/mol. The predicted molar refractivity (Wildman–Crippen MR) is 69.3 cm³/mol. The number of hydrogen-bond donors (Lipinski definition) is 1. The Morgan fingerprint density at radius 1 is 1.25 bits per heavy atom. The molecule has 0 amide bonds. The van der Waals surface area contributed by atoms with E-state index < -0.39 is 0 Å². The van der Waals surface area contributed by atoms with Gasteiger partial charge in [-0.2, -0.15) is 0 Å². The minimum absolute atomic E-state index is 0.661. The lowest BCUT2D eigenvalue weighted by molar-refractivity contribution is 0.00278. The zero-order valence-corrected chi connectivity index (χ0v) is 11.2. The number of nitrogens with two attached hydrogens (primary N) is 1. The van der Waals surface area contributed by atoms with Crippen LogP contribution in [0.3, 0.4) is 0 Å². The van der Waals surface area contributed by atoms with Crippen molar-refractivity contribution in [2.24, 2.45) is 23.5 Å². The van der Waals surface area contributed by atoms with Gasteiger partial charge in [-0.05, 0) is 43.9 Å². The predicted octanol–water partition coefficient (Wildman–Crippen LogP) is 2.48. The zero-order valence-electron chi connectivity index (χ0n) is 11.2. The summed E-state index contributed by atoms with van der Waals surface area (Å²) in [5, 5.41) is 0. The molecule has 2 nitrogen and oxygen atoms in total. The fourth-order valence-electron chi connectivity index (χ4n) is 3.62. The molecule has 1 saturated carbocycles. The molecule has 2 aliphatic rings. The minimum atomic E-state index is 0.661. The summed E-state index contributed by atoms with van der Waals surface area (Å²) in [4.78, 5) is 2.72. The van der Waals surface area contributed by atoms with Crippen LogP contribution in [0, 0.1) is 17.8 Å². The van der Waals surface area contributed by atoms with Gasteiger partial charge in [-0.15, -0.1) is 0 Å². The van der Waals surface area contributed by atoms with Crippen LogP contribution in [0.25, 0.3) is 0 Å². The monoisotopic (exact) mass is 224 g/mol. The van der Waals surface area contributed by atoms with Gasteiger partial charge in [-0.1, -0.05) is 20.3 Å². The summed E-state index contributed by atoms with van der Waals surface area (Å²) in [6, 6.07) is 1.39. The molecule has 0 radical (unpaired) electrons. The standard InChI is InChI=1S/C14H28N2/c1-10-7-11(2)12(3)16(9-10)14(8-15)13-5-4-6-13/h10-14H,4-9,15H2,1-3H3. The van der Waals surface area contributed by atoms with Gasteiger partial charge in [-0.25, -0.2) is 0 Å². The highest BCUT2D eigenvalue weighted by atomic mass is 15.2. The van der Waals surface area contributed by atoms with Gasteiger partial charge in [0.2, 0.25) is 0 Å². The van der Waals surface area contributed by atoms with Crippen molar-refractivity contribution in [3.63, 3.8) is 0 Å². The molecule has 4 unspecified atom stereocenters. The molecule has 0 aromatic rings. The summed E-state index contributed by atoms with van der Waals surface area (Å²) in [6.07, 6.45) is 5.63. The first-order chi connectivity index (χ1) is 7.63. The number of rotatable bonds is 3. The molecule has 0 aromatic carbocycles. The van der Waals surface area contributed by atoms with Crippen LogP contribution in [0.15, 0.2) is 0 Å². The van der Waals surface area contributed by atoms with E-state index >= 15 is 0 Å². The van der Waals surface area contributed by atoms with E-state index in [1.165, 1.54) is 32.2 Å². The molecule has 0 spiro atoms. The SMILES string of the molecule is CC1CC(C)C(C)N(C(CN)C2CCC2)C1. The van der Waals surface area contributed by atoms with E-state index in [0.717, 1.165) is 30.3 Å². The molecule has 2 heteroatoms. The second-order valence-electron chi connectivity index (χ2n) is 6.25. The van der Waals surface area contributed by atoms with Crippen molar-refractivity contribution in [1.82, 2.24) is 4.90 Å². The molecule has 16 heavy (non-hydrogen) atoms. The lowest BCUT2D eigenvalue weighted by Crippen LogP contribution is -2.56. The highest BCUT2D eigenvalue weighted by Crippen LogP contribution is 2.36. The summed E-state index contributed by atoms with van der Waals surface area (Å²) >= 11 is 0. The molecule has 0 bridgehead atoms. The molecule has 0 aromatic heterocycles. The second kappa shape index (κ2) is 5.05. The van der Waals surface area contributed by atoms with Gasteiger partial charge in [0.15, 0.2) is 0 Å². The van der Waals surface area contributed by atoms with Crippen molar-refractivity contribution in [2.45, 2.75) is 58.5 Å². The maximum absolute atomic E-state index is 6.03. The van der Waals surface area contributed by atoms with Crippen molar-refractivity contribution in [2.75, 3.05) is 13.1 Å². The van der Waals surface area contributed by atoms with E-state index in [2.05, 4.69) is 25.7 Å². The van der Waals surface area contributed by atoms with Crippen LogP contribution in [0.1, 0.15) is 46.5 Å². The minimum Gasteiger partial charge on any atom is -0.329 e. The maximum atomic E-state index is 6.03. The fraction of sp³-hybridized carbons (Fsp3) is 1.00. The van der Waals surface area contributed by atoms with Crippen molar-refractivity contribution in [3.8, 4) is 0 Å². The summed E-state index contributed by atoms with van der Waals surface area (Å²) in [5.74, 6) is 2.57. The average Bonchev–Trinajstić information content (AvgIpc) is 2.17. The van der Waals surface area contributed by atoms with Crippen molar-refractivity contribution < 1.29 is 0 Å². The van der Waals surface area contributed by atoms with Crippen LogP contribution in [0.5, 0.6) is 0 Å². The molecule has 1 aliphatic heterocycles. The van der Waals surface area contributed by atoms with Crippen molar-refractivity contribution in [1.29, 1.82) is 0 Å². The van der Waals surface area contributed by atoms with E-state index in [1.54, 1.807) is 0 Å². The van der Waals surface area contributed by atoms with E-state index in [0.29, 0.717) is 6.04 Å². The number of nitrogens with zero attached hydrogens (tertiary/aromatic N) is 1. The van der Waals surface area contributed by atoms with Crippen LogP contribution < -0.4 is 5.73 Å². The molecule has 2 N–H and O–H groups in total. The van der Waals surface area contributed by atoms with Gasteiger partial charge in [0, 0.05) is 25.2 Å². The van der Waals surface area contributed by atoms with Crippen molar-refractivity contribution >= 4 is 0 Å². The Hall–Kier alpha value is -0.0800. The third-order valence-corrected chi connectivity index (χ3v) is 5.00. The van der Waals surface area contributed by atoms with E-state index in [-0.39, 0.29) is 0 Å². The van der Waals surface area contributed by atoms with Gasteiger partial charge >= 0.3 is 0 Å². The fourth-order valence-corrected chi connectivity index (χ4v) is 3.62. The summed E-state index contributed by atoms with van der Waals surface area (Å²) in [7, 11) is 0. The lowest BCUT2D eigenvalue weighted by atomic mass is 9.76. The van der Waals surface area contributed by atoms with Crippen LogP contribution in [0.2, 0.25) is 0 Å². The van der Waals surface area contributed by atoms with Gasteiger partial charge < -0.3 is 5.73 Å². The van der Waals surface area contributed by atoms with Crippen LogP contribution in [-0.4, -0.2) is 30.1 Å². The third kappa shape index (κ3) is 2.28. The lowest BCUT2D eigenvalue weighted by Gasteiger charge is -2.49. The molecule has 1 saturated heterocycles. The van der Waals surface area contributed by atoms with E-state index in [4.69, 9.17) is 5.73 Å². The van der Waals surface area contributed by atoms with Crippen LogP contribution >= 0.6 is 0 Å². The number of piperidine rings is 1. The Labute approximate surface area is 101 Å². The molecule has 2 fully saturated rings. The molecule has 94 valence electrons. The van der Waals surface area contributed by atoms with Crippen LogP contribution in [0.4, 0.5) is 0 Å². The first kappa shape index (κ1) is 12.4. The summed E-state index contributed by atoms with van der Waals surface area (Å²) in [5.41, 5.74) is 6.03. The first-order valence-corrected chi connectivity index (χ1v) is 7.09. The Bertz CT molecular complexity index is 225. The molecule has 4 atom stereocenters. The normalized spacial score (nSPS) is 39.4. The Balaban J connectivity index is 2.03. The van der Waals surface area contributed by atoms with Gasteiger partial charge in [0.1, 0.15) is 0 Å². The largest absolute Gasteiger partial charge is 0.329 e. The van der Waals surface area contributed by atoms with E-state index in [9.17, 15) is 0 Å².